The Morgan fingerprint density at radius 3 is 2.38 bits per heavy atom. The predicted octanol–water partition coefficient (Wildman–Crippen LogP) is 2.90. The summed E-state index contributed by atoms with van der Waals surface area (Å²) in [4.78, 5) is 14.0. The van der Waals surface area contributed by atoms with E-state index in [9.17, 15) is 4.79 Å². The van der Waals surface area contributed by atoms with Gasteiger partial charge in [-0.3, -0.25) is 4.79 Å². The van der Waals surface area contributed by atoms with E-state index < -0.39 is 0 Å². The highest BCUT2D eigenvalue weighted by molar-refractivity contribution is 9.10. The molecule has 1 rings (SSSR count). The smallest absolute Gasteiger partial charge is 0.270 e. The van der Waals surface area contributed by atoms with Gasteiger partial charge in [0.05, 0.1) is 0 Å². The van der Waals surface area contributed by atoms with E-state index >= 15 is 0 Å². The second kappa shape index (κ2) is 5.04. The fourth-order valence-electron chi connectivity index (χ4n) is 1.55. The molecule has 3 nitrogen and oxygen atoms in total. The molecule has 1 aromatic heterocycles. The Kier molecular flexibility index (Phi) is 4.19. The first-order valence-corrected chi connectivity index (χ1v) is 6.23. The molecule has 1 aromatic rings. The van der Waals surface area contributed by atoms with Gasteiger partial charge in [0.2, 0.25) is 0 Å². The van der Waals surface area contributed by atoms with Crippen molar-refractivity contribution < 1.29 is 4.79 Å². The van der Waals surface area contributed by atoms with Crippen molar-refractivity contribution in [2.75, 3.05) is 7.05 Å². The van der Waals surface area contributed by atoms with Gasteiger partial charge < -0.3 is 9.47 Å². The molecule has 1 amide bonds. The summed E-state index contributed by atoms with van der Waals surface area (Å²) < 4.78 is 2.78. The minimum absolute atomic E-state index is 0.0643. The molecule has 0 radical (unpaired) electrons. The predicted molar refractivity (Wildman–Crippen MR) is 69.5 cm³/mol. The minimum atomic E-state index is 0.0643. The zero-order valence-corrected chi connectivity index (χ0v) is 12.1. The van der Waals surface area contributed by atoms with Crippen LogP contribution in [0.4, 0.5) is 0 Å². The molecule has 1 atom stereocenters. The van der Waals surface area contributed by atoms with Gasteiger partial charge in [-0.25, -0.2) is 0 Å². The Morgan fingerprint density at radius 2 is 2.00 bits per heavy atom. The van der Waals surface area contributed by atoms with Gasteiger partial charge in [0.1, 0.15) is 5.69 Å². The van der Waals surface area contributed by atoms with E-state index in [0.29, 0.717) is 11.6 Å². The summed E-state index contributed by atoms with van der Waals surface area (Å²) in [6, 6.07) is 2.09. The lowest BCUT2D eigenvalue weighted by molar-refractivity contribution is 0.0697. The standard InChI is InChI=1S/C12H19BrN2O/c1-8(2)9(3)15(5)12(16)11-6-10(13)7-14(11)4/h6-9H,1-5H3. The molecule has 4 heteroatoms. The van der Waals surface area contributed by atoms with Crippen molar-refractivity contribution in [2.24, 2.45) is 13.0 Å². The molecule has 0 aliphatic heterocycles. The molecular formula is C12H19BrN2O. The number of hydrogen-bond donors (Lipinski definition) is 0. The molecule has 1 heterocycles. The normalized spacial score (nSPS) is 12.9. The molecule has 0 bridgehead atoms. The van der Waals surface area contributed by atoms with Gasteiger partial charge >= 0.3 is 0 Å². The number of amides is 1. The van der Waals surface area contributed by atoms with Crippen LogP contribution in [0.15, 0.2) is 16.7 Å². The maximum Gasteiger partial charge on any atom is 0.270 e. The van der Waals surface area contributed by atoms with E-state index in [4.69, 9.17) is 0 Å². The number of hydrogen-bond acceptors (Lipinski definition) is 1. The summed E-state index contributed by atoms with van der Waals surface area (Å²) >= 11 is 3.37. The van der Waals surface area contributed by atoms with E-state index in [1.165, 1.54) is 0 Å². The second-order valence-electron chi connectivity index (χ2n) is 4.56. The van der Waals surface area contributed by atoms with Crippen LogP contribution in [0.3, 0.4) is 0 Å². The quantitative estimate of drug-likeness (QED) is 0.839. The Labute approximate surface area is 106 Å². The average Bonchev–Trinajstić information content (AvgIpc) is 2.54. The first kappa shape index (κ1) is 13.3. The van der Waals surface area contributed by atoms with Crippen LogP contribution in [0.2, 0.25) is 0 Å². The van der Waals surface area contributed by atoms with Crippen LogP contribution in [0.5, 0.6) is 0 Å². The van der Waals surface area contributed by atoms with Crippen molar-refractivity contribution in [1.29, 1.82) is 0 Å². The molecule has 0 fully saturated rings. The lowest BCUT2D eigenvalue weighted by atomic mass is 10.1. The largest absolute Gasteiger partial charge is 0.345 e. The van der Waals surface area contributed by atoms with Crippen LogP contribution in [0.25, 0.3) is 0 Å². The lowest BCUT2D eigenvalue weighted by Gasteiger charge is -2.28. The Bertz CT molecular complexity index is 384. The highest BCUT2D eigenvalue weighted by Crippen LogP contribution is 2.17. The van der Waals surface area contributed by atoms with Crippen molar-refractivity contribution in [3.8, 4) is 0 Å². The summed E-state index contributed by atoms with van der Waals surface area (Å²) in [5.41, 5.74) is 0.710. The third-order valence-electron chi connectivity index (χ3n) is 3.09. The number of aryl methyl sites for hydroxylation is 1. The number of carbonyl (C=O) groups is 1. The maximum atomic E-state index is 12.2. The number of halogens is 1. The molecule has 0 N–H and O–H groups in total. The third kappa shape index (κ3) is 2.67. The first-order chi connectivity index (χ1) is 7.34. The van der Waals surface area contributed by atoms with E-state index in [2.05, 4.69) is 36.7 Å². The fraction of sp³-hybridized carbons (Fsp3) is 0.583. The average molecular weight is 287 g/mol. The van der Waals surface area contributed by atoms with Crippen molar-refractivity contribution in [2.45, 2.75) is 26.8 Å². The summed E-state index contributed by atoms with van der Waals surface area (Å²) in [6.45, 7) is 6.31. The summed E-state index contributed by atoms with van der Waals surface area (Å²) in [6.07, 6.45) is 1.89. The zero-order valence-electron chi connectivity index (χ0n) is 10.5. The van der Waals surface area contributed by atoms with E-state index in [1.807, 2.05) is 30.9 Å². The molecule has 0 aliphatic rings. The number of rotatable bonds is 3. The second-order valence-corrected chi connectivity index (χ2v) is 5.47. The Morgan fingerprint density at radius 1 is 1.44 bits per heavy atom. The van der Waals surface area contributed by atoms with Gasteiger partial charge in [-0.1, -0.05) is 13.8 Å². The van der Waals surface area contributed by atoms with Crippen molar-refractivity contribution in [3.63, 3.8) is 0 Å². The molecule has 0 aliphatic carbocycles. The SMILES string of the molecule is CC(C)C(C)N(C)C(=O)c1cc(Br)cn1C. The topological polar surface area (TPSA) is 25.2 Å². The highest BCUT2D eigenvalue weighted by Gasteiger charge is 2.21. The van der Waals surface area contributed by atoms with Crippen LogP contribution < -0.4 is 0 Å². The molecular weight excluding hydrogens is 268 g/mol. The van der Waals surface area contributed by atoms with Crippen molar-refractivity contribution >= 4 is 21.8 Å². The Hall–Kier alpha value is -0.770. The molecule has 0 saturated carbocycles. The van der Waals surface area contributed by atoms with E-state index in [-0.39, 0.29) is 11.9 Å². The van der Waals surface area contributed by atoms with Crippen LogP contribution in [0.1, 0.15) is 31.3 Å². The van der Waals surface area contributed by atoms with Gasteiger partial charge in [0, 0.05) is 30.8 Å². The van der Waals surface area contributed by atoms with Crippen LogP contribution in [-0.2, 0) is 7.05 Å². The third-order valence-corrected chi connectivity index (χ3v) is 3.52. The molecule has 0 aromatic carbocycles. The van der Waals surface area contributed by atoms with Crippen LogP contribution >= 0.6 is 15.9 Å². The zero-order chi connectivity index (χ0) is 12.5. The number of aromatic nitrogens is 1. The lowest BCUT2D eigenvalue weighted by Crippen LogP contribution is -2.38. The highest BCUT2D eigenvalue weighted by atomic mass is 79.9. The molecule has 16 heavy (non-hydrogen) atoms. The fourth-order valence-corrected chi connectivity index (χ4v) is 2.07. The molecule has 1 unspecified atom stereocenters. The van der Waals surface area contributed by atoms with E-state index in [0.717, 1.165) is 4.47 Å². The number of nitrogens with zero attached hydrogens (tertiary/aromatic N) is 2. The van der Waals surface area contributed by atoms with Gasteiger partial charge in [-0.2, -0.15) is 0 Å². The van der Waals surface area contributed by atoms with Gasteiger partial charge in [0.25, 0.3) is 5.91 Å². The number of carbonyl (C=O) groups excluding carboxylic acids is 1. The van der Waals surface area contributed by atoms with Gasteiger partial charge in [-0.05, 0) is 34.8 Å². The summed E-state index contributed by atoms with van der Waals surface area (Å²) in [7, 11) is 3.74. The molecule has 0 spiro atoms. The van der Waals surface area contributed by atoms with Crippen molar-refractivity contribution in [3.05, 3.63) is 22.4 Å². The molecule has 0 saturated heterocycles. The van der Waals surface area contributed by atoms with Crippen molar-refractivity contribution in [1.82, 2.24) is 9.47 Å². The minimum Gasteiger partial charge on any atom is -0.345 e. The van der Waals surface area contributed by atoms with Gasteiger partial charge in [0.15, 0.2) is 0 Å². The monoisotopic (exact) mass is 286 g/mol. The molecule has 90 valence electrons. The first-order valence-electron chi connectivity index (χ1n) is 5.43. The van der Waals surface area contributed by atoms with Crippen LogP contribution in [0, 0.1) is 5.92 Å². The summed E-state index contributed by atoms with van der Waals surface area (Å²) in [5, 5.41) is 0. The van der Waals surface area contributed by atoms with Gasteiger partial charge in [-0.15, -0.1) is 0 Å². The maximum absolute atomic E-state index is 12.2. The Balaban J connectivity index is 2.90. The van der Waals surface area contributed by atoms with E-state index in [1.54, 1.807) is 4.90 Å². The summed E-state index contributed by atoms with van der Waals surface area (Å²) in [5.74, 6) is 0.520. The van der Waals surface area contributed by atoms with Crippen LogP contribution in [-0.4, -0.2) is 28.5 Å².